The average Bonchev–Trinajstić information content (AvgIpc) is 3.23. The molecular formula is C24H25ClN2O3. The summed E-state index contributed by atoms with van der Waals surface area (Å²) in [6.45, 7) is 3.40. The number of carbonyl (C=O) groups is 1. The van der Waals surface area contributed by atoms with E-state index in [0.717, 1.165) is 41.3 Å². The lowest BCUT2D eigenvalue weighted by atomic mass is 9.98. The third-order valence-corrected chi connectivity index (χ3v) is 5.77. The Bertz CT molecular complexity index is 1000. The van der Waals surface area contributed by atoms with Crippen molar-refractivity contribution in [2.24, 2.45) is 0 Å². The van der Waals surface area contributed by atoms with Gasteiger partial charge in [0, 0.05) is 24.5 Å². The van der Waals surface area contributed by atoms with Gasteiger partial charge in [0.1, 0.15) is 11.5 Å². The maximum atomic E-state index is 12.6. The van der Waals surface area contributed by atoms with Gasteiger partial charge in [0.05, 0.1) is 12.1 Å². The van der Waals surface area contributed by atoms with E-state index >= 15 is 0 Å². The Hall–Kier alpha value is -2.79. The maximum Gasteiger partial charge on any atom is 0.260 e. The van der Waals surface area contributed by atoms with Crippen molar-refractivity contribution in [3.8, 4) is 5.75 Å². The Morgan fingerprint density at radius 1 is 1.23 bits per heavy atom. The molecule has 2 aromatic carbocycles. The molecule has 0 N–H and O–H groups in total. The lowest BCUT2D eigenvalue weighted by Gasteiger charge is -2.31. The summed E-state index contributed by atoms with van der Waals surface area (Å²) >= 11 is 6.25. The molecule has 0 radical (unpaired) electrons. The van der Waals surface area contributed by atoms with E-state index in [9.17, 15) is 4.79 Å². The van der Waals surface area contributed by atoms with Crippen LogP contribution in [0.5, 0.6) is 5.75 Å². The highest BCUT2D eigenvalue weighted by Crippen LogP contribution is 2.28. The van der Waals surface area contributed by atoms with Crippen LogP contribution in [0.3, 0.4) is 0 Å². The van der Waals surface area contributed by atoms with Crippen LogP contribution in [-0.4, -0.2) is 35.5 Å². The van der Waals surface area contributed by atoms with Crippen LogP contribution in [0, 0.1) is 6.92 Å². The van der Waals surface area contributed by atoms with E-state index in [1.807, 2.05) is 60.4 Å². The first-order chi connectivity index (χ1) is 14.6. The highest BCUT2D eigenvalue weighted by atomic mass is 35.5. The molecule has 1 amide bonds. The minimum Gasteiger partial charge on any atom is -0.484 e. The number of likely N-dealkylation sites (tertiary alicyclic amines) is 1. The summed E-state index contributed by atoms with van der Waals surface area (Å²) in [6, 6.07) is 15.4. The number of piperidine rings is 1. The molecule has 1 saturated heterocycles. The summed E-state index contributed by atoms with van der Waals surface area (Å²) in [5.74, 6) is 2.27. The highest BCUT2D eigenvalue weighted by Gasteiger charge is 2.28. The molecule has 3 aromatic rings. The first kappa shape index (κ1) is 20.5. The number of aromatic nitrogens is 1. The number of ether oxygens (including phenoxy) is 1. The molecule has 1 aromatic heterocycles. The molecule has 1 fully saturated rings. The van der Waals surface area contributed by atoms with Gasteiger partial charge in [0.25, 0.3) is 5.91 Å². The monoisotopic (exact) mass is 424 g/mol. The first-order valence-corrected chi connectivity index (χ1v) is 10.6. The summed E-state index contributed by atoms with van der Waals surface area (Å²) in [5.41, 5.74) is 2.17. The van der Waals surface area contributed by atoms with E-state index < -0.39 is 0 Å². The fourth-order valence-electron chi connectivity index (χ4n) is 3.70. The molecule has 30 heavy (non-hydrogen) atoms. The van der Waals surface area contributed by atoms with Gasteiger partial charge in [-0.2, -0.15) is 0 Å². The molecule has 4 rings (SSSR count). The summed E-state index contributed by atoms with van der Waals surface area (Å²) < 4.78 is 11.7. The molecule has 156 valence electrons. The molecule has 0 aliphatic carbocycles. The average molecular weight is 425 g/mol. The van der Waals surface area contributed by atoms with Crippen molar-refractivity contribution in [1.82, 2.24) is 9.88 Å². The van der Waals surface area contributed by atoms with Gasteiger partial charge >= 0.3 is 0 Å². The van der Waals surface area contributed by atoms with E-state index in [1.54, 1.807) is 6.20 Å². The minimum atomic E-state index is -0.0110. The largest absolute Gasteiger partial charge is 0.484 e. The predicted molar refractivity (Wildman–Crippen MR) is 116 cm³/mol. The minimum absolute atomic E-state index is 0.0110. The normalized spacial score (nSPS) is 16.5. The highest BCUT2D eigenvalue weighted by molar-refractivity contribution is 6.31. The van der Waals surface area contributed by atoms with Crippen LogP contribution in [0.25, 0.3) is 0 Å². The van der Waals surface area contributed by atoms with Gasteiger partial charge in [-0.25, -0.2) is 4.98 Å². The molecule has 0 bridgehead atoms. The van der Waals surface area contributed by atoms with Gasteiger partial charge in [0.2, 0.25) is 0 Å². The van der Waals surface area contributed by atoms with Crippen molar-refractivity contribution in [3.63, 3.8) is 0 Å². The first-order valence-electron chi connectivity index (χ1n) is 10.2. The number of amides is 1. The van der Waals surface area contributed by atoms with Crippen LogP contribution >= 0.6 is 11.6 Å². The van der Waals surface area contributed by atoms with Crippen molar-refractivity contribution in [2.75, 3.05) is 19.7 Å². The second-order valence-electron chi connectivity index (χ2n) is 7.71. The van der Waals surface area contributed by atoms with E-state index in [-0.39, 0.29) is 18.4 Å². The van der Waals surface area contributed by atoms with E-state index in [1.165, 1.54) is 0 Å². The van der Waals surface area contributed by atoms with Crippen molar-refractivity contribution < 1.29 is 13.9 Å². The van der Waals surface area contributed by atoms with Crippen LogP contribution in [-0.2, 0) is 11.2 Å². The molecule has 0 unspecified atom stereocenters. The van der Waals surface area contributed by atoms with Crippen molar-refractivity contribution >= 4 is 17.5 Å². The summed E-state index contributed by atoms with van der Waals surface area (Å²) in [4.78, 5) is 19.0. The number of nitrogens with zero attached hydrogens (tertiary/aromatic N) is 2. The predicted octanol–water partition coefficient (Wildman–Crippen LogP) is 5.01. The standard InChI is InChI=1S/C24H25ClN2O3/c1-17-8-10-20(11-9-17)29-16-23(28)27-12-4-6-19(15-27)24-26-14-21(30-24)13-18-5-2-3-7-22(18)25/h2-3,5,7-11,14,19H,4,6,12-13,15-16H2,1H3/t19-/m0/s1. The molecule has 1 aliphatic rings. The van der Waals surface area contributed by atoms with Crippen LogP contribution in [0.15, 0.2) is 59.1 Å². The lowest BCUT2D eigenvalue weighted by molar-refractivity contribution is -0.134. The fourth-order valence-corrected chi connectivity index (χ4v) is 3.90. The summed E-state index contributed by atoms with van der Waals surface area (Å²) in [6.07, 6.45) is 4.24. The van der Waals surface area contributed by atoms with Crippen molar-refractivity contribution in [3.05, 3.63) is 82.5 Å². The quantitative estimate of drug-likeness (QED) is 0.558. The zero-order valence-electron chi connectivity index (χ0n) is 17.0. The number of halogens is 1. The topological polar surface area (TPSA) is 55.6 Å². The van der Waals surface area contributed by atoms with Gasteiger partial charge in [0.15, 0.2) is 12.5 Å². The zero-order valence-corrected chi connectivity index (χ0v) is 17.8. The Kier molecular flexibility index (Phi) is 6.38. The van der Waals surface area contributed by atoms with Crippen LogP contribution in [0.4, 0.5) is 0 Å². The van der Waals surface area contributed by atoms with E-state index in [4.69, 9.17) is 20.8 Å². The van der Waals surface area contributed by atoms with E-state index in [2.05, 4.69) is 4.98 Å². The van der Waals surface area contributed by atoms with Gasteiger partial charge in [-0.1, -0.05) is 47.5 Å². The molecule has 2 heterocycles. The number of oxazole rings is 1. The third kappa shape index (κ3) is 5.03. The number of hydrogen-bond acceptors (Lipinski definition) is 4. The number of aryl methyl sites for hydroxylation is 1. The van der Waals surface area contributed by atoms with Crippen molar-refractivity contribution in [1.29, 1.82) is 0 Å². The molecule has 0 spiro atoms. The molecule has 0 saturated carbocycles. The number of rotatable bonds is 6. The van der Waals surface area contributed by atoms with Gasteiger partial charge in [-0.3, -0.25) is 4.79 Å². The van der Waals surface area contributed by atoms with Gasteiger partial charge in [-0.05, 0) is 43.5 Å². The SMILES string of the molecule is Cc1ccc(OCC(=O)N2CCC[C@H](c3ncc(Cc4ccccc4Cl)o3)C2)cc1. The Balaban J connectivity index is 1.34. The fraction of sp³-hybridized carbons (Fsp3) is 0.333. The molecular weight excluding hydrogens is 400 g/mol. The number of carbonyl (C=O) groups excluding carboxylic acids is 1. The Labute approximate surface area is 181 Å². The van der Waals surface area contributed by atoms with Crippen LogP contribution in [0.1, 0.15) is 41.5 Å². The molecule has 5 nitrogen and oxygen atoms in total. The molecule has 1 aliphatic heterocycles. The zero-order chi connectivity index (χ0) is 20.9. The molecule has 6 heteroatoms. The van der Waals surface area contributed by atoms with Crippen LogP contribution < -0.4 is 4.74 Å². The third-order valence-electron chi connectivity index (χ3n) is 5.40. The second-order valence-corrected chi connectivity index (χ2v) is 8.12. The lowest BCUT2D eigenvalue weighted by Crippen LogP contribution is -2.41. The Morgan fingerprint density at radius 2 is 2.03 bits per heavy atom. The summed E-state index contributed by atoms with van der Waals surface area (Å²) in [7, 11) is 0. The summed E-state index contributed by atoms with van der Waals surface area (Å²) in [5, 5.41) is 0.721. The number of benzene rings is 2. The van der Waals surface area contributed by atoms with Gasteiger partial charge < -0.3 is 14.1 Å². The number of hydrogen-bond donors (Lipinski definition) is 0. The van der Waals surface area contributed by atoms with Crippen molar-refractivity contribution in [2.45, 2.75) is 32.1 Å². The maximum absolute atomic E-state index is 12.6. The second kappa shape index (κ2) is 9.35. The van der Waals surface area contributed by atoms with Gasteiger partial charge in [-0.15, -0.1) is 0 Å². The van der Waals surface area contributed by atoms with Crippen LogP contribution in [0.2, 0.25) is 5.02 Å². The Morgan fingerprint density at radius 3 is 2.83 bits per heavy atom. The smallest absolute Gasteiger partial charge is 0.260 e. The van der Waals surface area contributed by atoms with E-state index in [0.29, 0.717) is 24.6 Å². The molecule has 1 atom stereocenters.